The summed E-state index contributed by atoms with van der Waals surface area (Å²) in [4.78, 5) is 8.85. The minimum absolute atomic E-state index is 0.168. The fourth-order valence-corrected chi connectivity index (χ4v) is 2.93. The van der Waals surface area contributed by atoms with Crippen molar-refractivity contribution in [2.24, 2.45) is 0 Å². The van der Waals surface area contributed by atoms with Crippen LogP contribution in [0.3, 0.4) is 0 Å². The highest BCUT2D eigenvalue weighted by molar-refractivity contribution is 6.02. The average molecular weight is 294 g/mol. The van der Waals surface area contributed by atoms with Crippen LogP contribution >= 0.6 is 0 Å². The van der Waals surface area contributed by atoms with Crippen molar-refractivity contribution in [3.63, 3.8) is 0 Å². The molecule has 5 nitrogen and oxygen atoms in total. The quantitative estimate of drug-likeness (QED) is 0.802. The minimum Gasteiger partial charge on any atom is -0.393 e. The van der Waals surface area contributed by atoms with Gasteiger partial charge in [0.1, 0.15) is 5.52 Å². The molecule has 1 aromatic carbocycles. The van der Waals surface area contributed by atoms with E-state index in [-0.39, 0.29) is 12.1 Å². The zero-order valence-electron chi connectivity index (χ0n) is 12.7. The molecule has 0 unspecified atom stereocenters. The summed E-state index contributed by atoms with van der Waals surface area (Å²) in [7, 11) is 0. The number of nitriles is 1. The molecule has 0 saturated carbocycles. The molecule has 0 amide bonds. The molecule has 0 bridgehead atoms. The number of imidazole rings is 1. The Balaban J connectivity index is 2.27. The van der Waals surface area contributed by atoms with Gasteiger partial charge in [-0.05, 0) is 38.0 Å². The van der Waals surface area contributed by atoms with Crippen LogP contribution in [0, 0.1) is 11.3 Å². The SMILES string of the molecule is CC[C@H](C[C@@H](C)O)n1cnc2cnc3ccc(C#N)cc3c21. The zero-order valence-corrected chi connectivity index (χ0v) is 12.7. The molecule has 3 rings (SSSR count). The molecule has 22 heavy (non-hydrogen) atoms. The molecule has 0 spiro atoms. The molecule has 0 aliphatic carbocycles. The Morgan fingerprint density at radius 1 is 1.32 bits per heavy atom. The largest absolute Gasteiger partial charge is 0.393 e. The molecule has 1 N–H and O–H groups in total. The summed E-state index contributed by atoms with van der Waals surface area (Å²) in [5, 5.41) is 19.8. The second-order valence-electron chi connectivity index (χ2n) is 5.63. The van der Waals surface area contributed by atoms with Gasteiger partial charge in [-0.2, -0.15) is 5.26 Å². The summed E-state index contributed by atoms with van der Waals surface area (Å²) in [6.07, 6.45) is 4.77. The second-order valence-corrected chi connectivity index (χ2v) is 5.63. The molecule has 0 aliphatic heterocycles. The molecule has 2 heterocycles. The Hall–Kier alpha value is -2.45. The molecular formula is C17H18N4O. The number of aliphatic hydroxyl groups is 1. The Morgan fingerprint density at radius 2 is 2.14 bits per heavy atom. The van der Waals surface area contributed by atoms with Gasteiger partial charge in [0.2, 0.25) is 0 Å². The Bertz CT molecular complexity index is 860. The van der Waals surface area contributed by atoms with E-state index < -0.39 is 0 Å². The molecule has 0 saturated heterocycles. The summed E-state index contributed by atoms with van der Waals surface area (Å²) < 4.78 is 2.10. The fraction of sp³-hybridized carbons (Fsp3) is 0.353. The summed E-state index contributed by atoms with van der Waals surface area (Å²) in [6.45, 7) is 3.90. The zero-order chi connectivity index (χ0) is 15.7. The lowest BCUT2D eigenvalue weighted by molar-refractivity contribution is 0.161. The van der Waals surface area contributed by atoms with Crippen molar-refractivity contribution in [1.29, 1.82) is 5.26 Å². The van der Waals surface area contributed by atoms with Crippen LogP contribution in [0.5, 0.6) is 0 Å². The first kappa shape index (κ1) is 14.5. The molecule has 2 atom stereocenters. The van der Waals surface area contributed by atoms with Crippen LogP contribution in [-0.4, -0.2) is 25.7 Å². The molecule has 3 aromatic rings. The van der Waals surface area contributed by atoms with E-state index in [4.69, 9.17) is 5.26 Å². The lowest BCUT2D eigenvalue weighted by atomic mass is 10.1. The van der Waals surface area contributed by atoms with Crippen molar-refractivity contribution < 1.29 is 5.11 Å². The first-order valence-corrected chi connectivity index (χ1v) is 7.47. The standard InChI is InChI=1S/C17H18N4O/c1-3-13(6-11(2)22)21-10-20-16-9-19-15-5-4-12(8-18)7-14(15)17(16)21/h4-5,7,9-11,13,22H,3,6H2,1-2H3/t11-,13-/m1/s1. The van der Waals surface area contributed by atoms with Crippen LogP contribution < -0.4 is 0 Å². The summed E-state index contributed by atoms with van der Waals surface area (Å²) in [5.41, 5.74) is 3.25. The van der Waals surface area contributed by atoms with E-state index in [2.05, 4.69) is 27.5 Å². The molecule has 0 aliphatic rings. The van der Waals surface area contributed by atoms with Gasteiger partial charge in [-0.25, -0.2) is 4.98 Å². The van der Waals surface area contributed by atoms with Crippen molar-refractivity contribution in [3.8, 4) is 6.07 Å². The van der Waals surface area contributed by atoms with Gasteiger partial charge in [0.15, 0.2) is 0 Å². The van der Waals surface area contributed by atoms with Gasteiger partial charge in [0.25, 0.3) is 0 Å². The van der Waals surface area contributed by atoms with E-state index in [0.29, 0.717) is 12.0 Å². The third-order valence-electron chi connectivity index (χ3n) is 4.01. The lowest BCUT2D eigenvalue weighted by Gasteiger charge is -2.19. The first-order valence-electron chi connectivity index (χ1n) is 7.47. The molecular weight excluding hydrogens is 276 g/mol. The van der Waals surface area contributed by atoms with Crippen LogP contribution in [-0.2, 0) is 0 Å². The second kappa shape index (κ2) is 5.74. The predicted molar refractivity (Wildman–Crippen MR) is 85.4 cm³/mol. The van der Waals surface area contributed by atoms with E-state index in [9.17, 15) is 5.11 Å². The molecule has 2 aromatic heterocycles. The van der Waals surface area contributed by atoms with E-state index in [1.165, 1.54) is 0 Å². The maximum Gasteiger partial charge on any atom is 0.107 e. The Labute approximate surface area is 128 Å². The van der Waals surface area contributed by atoms with Gasteiger partial charge in [-0.15, -0.1) is 0 Å². The van der Waals surface area contributed by atoms with Crippen LogP contribution in [0.15, 0.2) is 30.7 Å². The summed E-state index contributed by atoms with van der Waals surface area (Å²) in [5.74, 6) is 0. The van der Waals surface area contributed by atoms with Crippen LogP contribution in [0.2, 0.25) is 0 Å². The van der Waals surface area contributed by atoms with Gasteiger partial charge in [-0.1, -0.05) is 6.92 Å². The van der Waals surface area contributed by atoms with Gasteiger partial charge < -0.3 is 9.67 Å². The number of fused-ring (bicyclic) bond motifs is 3. The topological polar surface area (TPSA) is 74.7 Å². The van der Waals surface area contributed by atoms with Crippen molar-refractivity contribution in [3.05, 3.63) is 36.3 Å². The number of hydrogen-bond donors (Lipinski definition) is 1. The number of aromatic nitrogens is 3. The maximum atomic E-state index is 9.73. The number of aliphatic hydroxyl groups excluding tert-OH is 1. The Morgan fingerprint density at radius 3 is 2.82 bits per heavy atom. The smallest absolute Gasteiger partial charge is 0.107 e. The normalized spacial score (nSPS) is 14.1. The van der Waals surface area contributed by atoms with Crippen molar-refractivity contribution in [2.75, 3.05) is 0 Å². The van der Waals surface area contributed by atoms with Gasteiger partial charge in [-0.3, -0.25) is 4.98 Å². The van der Waals surface area contributed by atoms with Crippen LogP contribution in [0.4, 0.5) is 0 Å². The van der Waals surface area contributed by atoms with Crippen LogP contribution in [0.1, 0.15) is 38.3 Å². The lowest BCUT2D eigenvalue weighted by Crippen LogP contribution is -2.14. The van der Waals surface area contributed by atoms with Crippen molar-refractivity contribution in [2.45, 2.75) is 38.8 Å². The van der Waals surface area contributed by atoms with Crippen molar-refractivity contribution >= 4 is 21.9 Å². The van der Waals surface area contributed by atoms with Gasteiger partial charge >= 0.3 is 0 Å². The highest BCUT2D eigenvalue weighted by Gasteiger charge is 2.17. The number of pyridine rings is 1. The van der Waals surface area contributed by atoms with E-state index in [1.807, 2.05) is 12.1 Å². The number of hydrogen-bond acceptors (Lipinski definition) is 4. The van der Waals surface area contributed by atoms with E-state index >= 15 is 0 Å². The van der Waals surface area contributed by atoms with Gasteiger partial charge in [0.05, 0.1) is 41.3 Å². The maximum absolute atomic E-state index is 9.73. The number of nitrogens with zero attached hydrogens (tertiary/aromatic N) is 4. The molecule has 0 fully saturated rings. The predicted octanol–water partition coefficient (Wildman–Crippen LogP) is 3.18. The Kier molecular flexibility index (Phi) is 3.78. The van der Waals surface area contributed by atoms with E-state index in [0.717, 1.165) is 28.4 Å². The number of benzene rings is 1. The fourth-order valence-electron chi connectivity index (χ4n) is 2.93. The summed E-state index contributed by atoms with van der Waals surface area (Å²) in [6, 6.07) is 7.83. The minimum atomic E-state index is -0.370. The number of rotatable bonds is 4. The van der Waals surface area contributed by atoms with Gasteiger partial charge in [0, 0.05) is 11.4 Å². The van der Waals surface area contributed by atoms with Crippen LogP contribution in [0.25, 0.3) is 21.9 Å². The average Bonchev–Trinajstić information content (AvgIpc) is 2.96. The monoisotopic (exact) mass is 294 g/mol. The molecule has 0 radical (unpaired) electrons. The third-order valence-corrected chi connectivity index (χ3v) is 4.01. The van der Waals surface area contributed by atoms with Crippen molar-refractivity contribution in [1.82, 2.24) is 14.5 Å². The highest BCUT2D eigenvalue weighted by atomic mass is 16.3. The third kappa shape index (κ3) is 2.42. The van der Waals surface area contributed by atoms with E-state index in [1.54, 1.807) is 25.5 Å². The first-order chi connectivity index (χ1) is 10.6. The molecule has 112 valence electrons. The summed E-state index contributed by atoms with van der Waals surface area (Å²) >= 11 is 0. The molecule has 5 heteroatoms. The highest BCUT2D eigenvalue weighted by Crippen LogP contribution is 2.29.